The summed E-state index contributed by atoms with van der Waals surface area (Å²) in [7, 11) is 0. The van der Waals surface area contributed by atoms with Gasteiger partial charge in [-0.1, -0.05) is 0 Å². The zero-order valence-electron chi connectivity index (χ0n) is 7.16. The van der Waals surface area contributed by atoms with Gasteiger partial charge in [0.1, 0.15) is 6.61 Å². The highest BCUT2D eigenvalue weighted by Gasteiger charge is 2.35. The summed E-state index contributed by atoms with van der Waals surface area (Å²) in [6, 6.07) is 0. The van der Waals surface area contributed by atoms with E-state index in [1.54, 1.807) is 6.92 Å². The largest absolute Gasteiger partial charge is 0.462 e. The molecule has 6 heteroatoms. The van der Waals surface area contributed by atoms with Gasteiger partial charge in [0, 0.05) is 0 Å². The summed E-state index contributed by atoms with van der Waals surface area (Å²) in [6.45, 7) is 1.84. The molecule has 1 rings (SSSR count). The second-order valence-electron chi connectivity index (χ2n) is 2.40. The molecule has 1 unspecified atom stereocenters. The second kappa shape index (κ2) is 4.06. The van der Waals surface area contributed by atoms with Gasteiger partial charge in [0.25, 0.3) is 6.30 Å². The van der Waals surface area contributed by atoms with Gasteiger partial charge in [0.2, 0.25) is 0 Å². The molecule has 1 aliphatic rings. The normalized spacial score (nSPS) is 18.3. The molecule has 1 fully saturated rings. The zero-order valence-corrected chi connectivity index (χ0v) is 7.16. The molecule has 1 aliphatic heterocycles. The number of carbonyl (C=O) groups is 2. The molecule has 1 atom stereocenters. The molecule has 0 aromatic rings. The fraction of sp³-hybridized carbons (Fsp3) is 0.714. The van der Waals surface area contributed by atoms with Gasteiger partial charge in [-0.2, -0.15) is 0 Å². The Hall–Kier alpha value is -1.33. The van der Waals surface area contributed by atoms with Gasteiger partial charge in [-0.3, -0.25) is 4.90 Å². The van der Waals surface area contributed by atoms with Crippen LogP contribution in [0.4, 0.5) is 9.18 Å². The quantitative estimate of drug-likeness (QED) is 0.475. The Morgan fingerprint density at radius 3 is 3.00 bits per heavy atom. The van der Waals surface area contributed by atoms with Crippen LogP contribution in [-0.4, -0.2) is 43.0 Å². The molecule has 1 amide bonds. The molecule has 0 aromatic heterocycles. The Kier molecular flexibility index (Phi) is 3.05. The summed E-state index contributed by atoms with van der Waals surface area (Å²) in [4.78, 5) is 22.3. The van der Waals surface area contributed by atoms with Crippen LogP contribution in [0, 0.1) is 0 Å². The number of carbonyl (C=O) groups excluding carboxylic acids is 2. The van der Waals surface area contributed by atoms with Crippen molar-refractivity contribution in [3.05, 3.63) is 0 Å². The van der Waals surface area contributed by atoms with E-state index >= 15 is 0 Å². The van der Waals surface area contributed by atoms with Crippen LogP contribution in [0.1, 0.15) is 6.92 Å². The molecular weight excluding hydrogens is 181 g/mol. The number of alkyl halides is 1. The fourth-order valence-corrected chi connectivity index (χ4v) is 0.950. The highest BCUT2D eigenvalue weighted by Crippen LogP contribution is 2.10. The van der Waals surface area contributed by atoms with Crippen LogP contribution in [0.15, 0.2) is 0 Å². The lowest BCUT2D eigenvalue weighted by molar-refractivity contribution is -0.154. The van der Waals surface area contributed by atoms with Gasteiger partial charge >= 0.3 is 12.1 Å². The molecule has 0 N–H and O–H groups in total. The van der Waals surface area contributed by atoms with Crippen molar-refractivity contribution in [1.29, 1.82) is 0 Å². The first-order valence-electron chi connectivity index (χ1n) is 3.91. The number of cyclic esters (lactones) is 1. The molecule has 0 bridgehead atoms. The minimum Gasteiger partial charge on any atom is -0.462 e. The second-order valence-corrected chi connectivity index (χ2v) is 2.40. The molecule has 1 heterocycles. The maximum absolute atomic E-state index is 13.1. The van der Waals surface area contributed by atoms with Crippen molar-refractivity contribution in [3.63, 3.8) is 0 Å². The summed E-state index contributed by atoms with van der Waals surface area (Å²) in [5.74, 6) is -1.05. The van der Waals surface area contributed by atoms with Crippen molar-refractivity contribution >= 4 is 12.1 Å². The van der Waals surface area contributed by atoms with E-state index in [1.807, 2.05) is 0 Å². The third kappa shape index (κ3) is 2.07. The Morgan fingerprint density at radius 1 is 1.85 bits per heavy atom. The summed E-state index contributed by atoms with van der Waals surface area (Å²) in [5, 5.41) is 0. The molecule has 74 valence electrons. The van der Waals surface area contributed by atoms with Crippen LogP contribution < -0.4 is 0 Å². The Morgan fingerprint density at radius 2 is 2.54 bits per heavy atom. The molecule has 0 radical (unpaired) electrons. The first-order valence-corrected chi connectivity index (χ1v) is 3.91. The lowest BCUT2D eigenvalue weighted by atomic mass is 10.5. The van der Waals surface area contributed by atoms with E-state index in [4.69, 9.17) is 0 Å². The molecule has 0 aromatic carbocycles. The van der Waals surface area contributed by atoms with Crippen LogP contribution in [0.25, 0.3) is 0 Å². The number of hydrogen-bond donors (Lipinski definition) is 0. The van der Waals surface area contributed by atoms with Crippen LogP contribution >= 0.6 is 0 Å². The summed E-state index contributed by atoms with van der Waals surface area (Å²) >= 11 is 0. The monoisotopic (exact) mass is 191 g/mol. The topological polar surface area (TPSA) is 55.8 Å². The maximum atomic E-state index is 13.1. The third-order valence-electron chi connectivity index (χ3n) is 1.55. The molecule has 5 nitrogen and oxygen atoms in total. The molecule has 13 heavy (non-hydrogen) atoms. The minimum atomic E-state index is -2.05. The van der Waals surface area contributed by atoms with Gasteiger partial charge in [-0.25, -0.2) is 14.0 Å². The number of rotatable bonds is 3. The van der Waals surface area contributed by atoms with E-state index in [2.05, 4.69) is 9.47 Å². The van der Waals surface area contributed by atoms with Crippen LogP contribution in [0.2, 0.25) is 0 Å². The van der Waals surface area contributed by atoms with Gasteiger partial charge in [0.05, 0.1) is 13.2 Å². The number of halogens is 1. The highest BCUT2D eigenvalue weighted by molar-refractivity contribution is 5.80. The lowest BCUT2D eigenvalue weighted by Crippen LogP contribution is -2.39. The Bertz CT molecular complexity index is 221. The van der Waals surface area contributed by atoms with E-state index in [-0.39, 0.29) is 19.8 Å². The average Bonchev–Trinajstić information content (AvgIpc) is 2.50. The average molecular weight is 191 g/mol. The number of esters is 1. The van der Waals surface area contributed by atoms with Crippen molar-refractivity contribution in [2.75, 3.05) is 19.8 Å². The maximum Gasteiger partial charge on any atom is 0.412 e. The first-order chi connectivity index (χ1) is 6.16. The number of ether oxygens (including phenoxy) is 2. The summed E-state index contributed by atoms with van der Waals surface area (Å²) in [6.07, 6.45) is -2.87. The standard InChI is InChI=1S/C7H10FNO4/c1-2-12-6(10)5(8)9-3-4-13-7(9)11/h5H,2-4H2,1H3. The number of nitrogens with zero attached hydrogens (tertiary/aromatic N) is 1. The van der Waals surface area contributed by atoms with E-state index in [0.717, 1.165) is 0 Å². The van der Waals surface area contributed by atoms with Crippen molar-refractivity contribution in [2.45, 2.75) is 13.2 Å². The van der Waals surface area contributed by atoms with E-state index in [1.165, 1.54) is 0 Å². The zero-order chi connectivity index (χ0) is 9.84. The van der Waals surface area contributed by atoms with E-state index in [0.29, 0.717) is 4.90 Å². The third-order valence-corrected chi connectivity index (χ3v) is 1.55. The lowest BCUT2D eigenvalue weighted by Gasteiger charge is -2.15. The van der Waals surface area contributed by atoms with E-state index < -0.39 is 18.4 Å². The van der Waals surface area contributed by atoms with Gasteiger partial charge in [-0.05, 0) is 6.92 Å². The van der Waals surface area contributed by atoms with E-state index in [9.17, 15) is 14.0 Å². The minimum absolute atomic E-state index is 0.0822. The van der Waals surface area contributed by atoms with Gasteiger partial charge in [-0.15, -0.1) is 0 Å². The summed E-state index contributed by atoms with van der Waals surface area (Å²) < 4.78 is 21.9. The molecular formula is C7H10FNO4. The Balaban J connectivity index is 2.50. The smallest absolute Gasteiger partial charge is 0.412 e. The van der Waals surface area contributed by atoms with Gasteiger partial charge < -0.3 is 9.47 Å². The van der Waals surface area contributed by atoms with Gasteiger partial charge in [0.15, 0.2) is 0 Å². The molecule has 0 aliphatic carbocycles. The Labute approximate surface area is 74.4 Å². The highest BCUT2D eigenvalue weighted by atomic mass is 19.1. The molecule has 1 saturated heterocycles. The predicted octanol–water partition coefficient (Wildman–Crippen LogP) is 0.297. The first kappa shape index (κ1) is 9.76. The van der Waals surface area contributed by atoms with Crippen molar-refractivity contribution in [2.24, 2.45) is 0 Å². The fourth-order valence-electron chi connectivity index (χ4n) is 0.950. The summed E-state index contributed by atoms with van der Waals surface area (Å²) in [5.41, 5.74) is 0. The van der Waals surface area contributed by atoms with Crippen molar-refractivity contribution < 1.29 is 23.5 Å². The van der Waals surface area contributed by atoms with Crippen molar-refractivity contribution in [1.82, 2.24) is 4.90 Å². The SMILES string of the molecule is CCOC(=O)C(F)N1CCOC1=O. The number of amides is 1. The number of hydrogen-bond acceptors (Lipinski definition) is 4. The van der Waals surface area contributed by atoms with Crippen LogP contribution in [-0.2, 0) is 14.3 Å². The molecule has 0 saturated carbocycles. The van der Waals surface area contributed by atoms with Crippen LogP contribution in [0.3, 0.4) is 0 Å². The van der Waals surface area contributed by atoms with Crippen molar-refractivity contribution in [3.8, 4) is 0 Å². The molecule has 0 spiro atoms. The predicted molar refractivity (Wildman–Crippen MR) is 39.6 cm³/mol. The van der Waals surface area contributed by atoms with Crippen LogP contribution in [0.5, 0.6) is 0 Å².